The van der Waals surface area contributed by atoms with E-state index in [0.29, 0.717) is 0 Å². The van der Waals surface area contributed by atoms with Gasteiger partial charge in [-0.2, -0.15) is 0 Å². The van der Waals surface area contributed by atoms with E-state index in [4.69, 9.17) is 0 Å². The van der Waals surface area contributed by atoms with Gasteiger partial charge in [-0.15, -0.1) is 11.3 Å². The number of anilines is 1. The number of aromatic nitrogens is 1. The number of aliphatic hydroxyl groups is 1. The molecule has 3 nitrogen and oxygen atoms in total. The van der Waals surface area contributed by atoms with Crippen molar-refractivity contribution in [2.24, 2.45) is 0 Å². The Morgan fingerprint density at radius 1 is 1.33 bits per heavy atom. The van der Waals surface area contributed by atoms with Crippen LogP contribution in [0.2, 0.25) is 0 Å². The van der Waals surface area contributed by atoms with Crippen LogP contribution in [-0.4, -0.2) is 17.1 Å². The molecule has 0 bridgehead atoms. The zero-order chi connectivity index (χ0) is 13.1. The van der Waals surface area contributed by atoms with E-state index in [1.807, 2.05) is 26.1 Å². The highest BCUT2D eigenvalue weighted by atomic mass is 79.9. The zero-order valence-electron chi connectivity index (χ0n) is 10.4. The Morgan fingerprint density at radius 2 is 2.11 bits per heavy atom. The summed E-state index contributed by atoms with van der Waals surface area (Å²) in [6, 6.07) is 5.94. The van der Waals surface area contributed by atoms with Gasteiger partial charge in [-0.05, 0) is 57.6 Å². The lowest BCUT2D eigenvalue weighted by atomic mass is 10.2. The van der Waals surface area contributed by atoms with Gasteiger partial charge in [0.05, 0.1) is 10.4 Å². The highest BCUT2D eigenvalue weighted by Crippen LogP contribution is 2.23. The maximum atomic E-state index is 9.21. The average Bonchev–Trinajstić information content (AvgIpc) is 2.73. The number of nitrogens with zero attached hydrogens (tertiary/aromatic N) is 2. The predicted molar refractivity (Wildman–Crippen MR) is 79.0 cm³/mol. The molecule has 2 rings (SSSR count). The van der Waals surface area contributed by atoms with Crippen LogP contribution < -0.4 is 4.90 Å². The first kappa shape index (κ1) is 13.5. The second-order valence-electron chi connectivity index (χ2n) is 4.25. The lowest BCUT2D eigenvalue weighted by molar-refractivity contribution is 0.281. The Bertz CT molecular complexity index is 542. The number of thiophene rings is 1. The summed E-state index contributed by atoms with van der Waals surface area (Å²) in [6.45, 7) is 2.80. The molecule has 96 valence electrons. The van der Waals surface area contributed by atoms with E-state index in [1.54, 1.807) is 11.3 Å². The van der Waals surface area contributed by atoms with Crippen LogP contribution in [0.25, 0.3) is 0 Å². The van der Waals surface area contributed by atoms with Crippen LogP contribution in [0.4, 0.5) is 5.82 Å². The third-order valence-corrected chi connectivity index (χ3v) is 4.17. The number of hydrogen-bond donors (Lipinski definition) is 1. The predicted octanol–water partition coefficient (Wildman–Crippen LogP) is 3.34. The molecule has 5 heteroatoms. The first-order valence-corrected chi connectivity index (χ1v) is 7.28. The van der Waals surface area contributed by atoms with E-state index in [9.17, 15) is 5.11 Å². The molecule has 2 heterocycles. The SMILES string of the molecule is Cc1cc(CO)cc(N(C)Cc2csc(Br)c2)n1. The molecule has 1 N–H and O–H groups in total. The van der Waals surface area contributed by atoms with Gasteiger partial charge in [-0.25, -0.2) is 4.98 Å². The van der Waals surface area contributed by atoms with Crippen molar-refractivity contribution in [3.63, 3.8) is 0 Å². The first-order valence-electron chi connectivity index (χ1n) is 5.61. The van der Waals surface area contributed by atoms with Crippen molar-refractivity contribution in [2.75, 3.05) is 11.9 Å². The second-order valence-corrected chi connectivity index (χ2v) is 6.54. The van der Waals surface area contributed by atoms with Gasteiger partial charge in [-0.1, -0.05) is 0 Å². The van der Waals surface area contributed by atoms with Crippen molar-refractivity contribution in [3.05, 3.63) is 44.2 Å². The van der Waals surface area contributed by atoms with Gasteiger partial charge in [0.25, 0.3) is 0 Å². The van der Waals surface area contributed by atoms with Crippen molar-refractivity contribution >= 4 is 33.1 Å². The van der Waals surface area contributed by atoms with Crippen molar-refractivity contribution in [1.29, 1.82) is 0 Å². The molecule has 2 aromatic rings. The molecule has 0 aliphatic carbocycles. The fraction of sp³-hybridized carbons (Fsp3) is 0.308. The molecule has 0 atom stereocenters. The van der Waals surface area contributed by atoms with E-state index in [2.05, 4.69) is 37.3 Å². The summed E-state index contributed by atoms with van der Waals surface area (Å²) >= 11 is 5.15. The Kier molecular flexibility index (Phi) is 4.37. The Hall–Kier alpha value is -0.910. The molecular weight excluding hydrogens is 312 g/mol. The summed E-state index contributed by atoms with van der Waals surface area (Å²) < 4.78 is 1.14. The molecule has 0 aromatic carbocycles. The smallest absolute Gasteiger partial charge is 0.129 e. The topological polar surface area (TPSA) is 36.4 Å². The summed E-state index contributed by atoms with van der Waals surface area (Å²) in [5, 5.41) is 11.3. The molecule has 0 aliphatic rings. The third-order valence-electron chi connectivity index (χ3n) is 2.61. The summed E-state index contributed by atoms with van der Waals surface area (Å²) in [4.78, 5) is 6.58. The Balaban J connectivity index is 2.17. The minimum Gasteiger partial charge on any atom is -0.392 e. The number of aryl methyl sites for hydroxylation is 1. The summed E-state index contributed by atoms with van der Waals surface area (Å²) in [7, 11) is 2.01. The summed E-state index contributed by atoms with van der Waals surface area (Å²) in [5.41, 5.74) is 3.08. The monoisotopic (exact) mass is 326 g/mol. The van der Waals surface area contributed by atoms with Crippen LogP contribution in [0.5, 0.6) is 0 Å². The fourth-order valence-corrected chi connectivity index (χ4v) is 2.99. The van der Waals surface area contributed by atoms with Crippen LogP contribution in [0.1, 0.15) is 16.8 Å². The standard InChI is InChI=1S/C13H15BrN2OS/c1-9-3-10(7-17)5-13(15-9)16(2)6-11-4-12(14)18-8-11/h3-5,8,17H,6-7H2,1-2H3. The van der Waals surface area contributed by atoms with E-state index in [0.717, 1.165) is 27.4 Å². The van der Waals surface area contributed by atoms with Crippen molar-refractivity contribution < 1.29 is 5.11 Å². The van der Waals surface area contributed by atoms with Crippen LogP contribution in [-0.2, 0) is 13.2 Å². The zero-order valence-corrected chi connectivity index (χ0v) is 12.8. The normalized spacial score (nSPS) is 10.7. The second kappa shape index (κ2) is 5.82. The Labute approximate surface area is 119 Å². The van der Waals surface area contributed by atoms with Crippen molar-refractivity contribution in [2.45, 2.75) is 20.1 Å². The molecule has 0 aliphatic heterocycles. The van der Waals surface area contributed by atoms with Crippen LogP contribution in [0.3, 0.4) is 0 Å². The molecule has 0 spiro atoms. The van der Waals surface area contributed by atoms with Gasteiger partial charge in [0.15, 0.2) is 0 Å². The van der Waals surface area contributed by atoms with Gasteiger partial charge in [0.1, 0.15) is 5.82 Å². The molecule has 0 amide bonds. The average molecular weight is 327 g/mol. The van der Waals surface area contributed by atoms with Gasteiger partial charge in [-0.3, -0.25) is 0 Å². The van der Waals surface area contributed by atoms with E-state index >= 15 is 0 Å². The molecule has 2 aromatic heterocycles. The van der Waals surface area contributed by atoms with Crippen LogP contribution in [0, 0.1) is 6.92 Å². The fourth-order valence-electron chi connectivity index (χ4n) is 1.79. The molecule has 0 fully saturated rings. The minimum absolute atomic E-state index is 0.0498. The number of pyridine rings is 1. The van der Waals surface area contributed by atoms with E-state index in [1.165, 1.54) is 5.56 Å². The highest BCUT2D eigenvalue weighted by molar-refractivity contribution is 9.11. The quantitative estimate of drug-likeness (QED) is 0.936. The van der Waals surface area contributed by atoms with Gasteiger partial charge >= 0.3 is 0 Å². The Morgan fingerprint density at radius 3 is 2.72 bits per heavy atom. The molecule has 18 heavy (non-hydrogen) atoms. The molecule has 0 saturated carbocycles. The van der Waals surface area contributed by atoms with Gasteiger partial charge < -0.3 is 10.0 Å². The van der Waals surface area contributed by atoms with Crippen molar-refractivity contribution in [3.8, 4) is 0 Å². The lowest BCUT2D eigenvalue weighted by Crippen LogP contribution is -2.17. The third kappa shape index (κ3) is 3.31. The number of halogens is 1. The minimum atomic E-state index is 0.0498. The molecule has 0 radical (unpaired) electrons. The molecule has 0 saturated heterocycles. The van der Waals surface area contributed by atoms with Crippen molar-refractivity contribution in [1.82, 2.24) is 4.98 Å². The number of aliphatic hydroxyl groups excluding tert-OH is 1. The molecular formula is C13H15BrN2OS. The summed E-state index contributed by atoms with van der Waals surface area (Å²) in [6.07, 6.45) is 0. The maximum Gasteiger partial charge on any atom is 0.129 e. The number of rotatable bonds is 4. The van der Waals surface area contributed by atoms with Crippen LogP contribution in [0.15, 0.2) is 27.4 Å². The van der Waals surface area contributed by atoms with Crippen LogP contribution >= 0.6 is 27.3 Å². The largest absolute Gasteiger partial charge is 0.392 e. The van der Waals surface area contributed by atoms with E-state index < -0.39 is 0 Å². The summed E-state index contributed by atoms with van der Waals surface area (Å²) in [5.74, 6) is 0.890. The van der Waals surface area contributed by atoms with Gasteiger partial charge in [0, 0.05) is 19.3 Å². The van der Waals surface area contributed by atoms with E-state index in [-0.39, 0.29) is 6.61 Å². The maximum absolute atomic E-state index is 9.21. The highest BCUT2D eigenvalue weighted by Gasteiger charge is 2.07. The number of hydrogen-bond acceptors (Lipinski definition) is 4. The first-order chi connectivity index (χ1) is 8.58. The molecule has 0 unspecified atom stereocenters. The van der Waals surface area contributed by atoms with Gasteiger partial charge in [0.2, 0.25) is 0 Å². The lowest BCUT2D eigenvalue weighted by Gasteiger charge is -2.18.